The van der Waals surface area contributed by atoms with Gasteiger partial charge < -0.3 is 10.1 Å². The lowest BCUT2D eigenvalue weighted by molar-refractivity contribution is -0.111. The molecule has 3 aromatic rings. The van der Waals surface area contributed by atoms with E-state index in [9.17, 15) is 4.79 Å². The molecule has 0 aliphatic heterocycles. The summed E-state index contributed by atoms with van der Waals surface area (Å²) in [7, 11) is 0. The predicted molar refractivity (Wildman–Crippen MR) is 104 cm³/mol. The molecule has 27 heavy (non-hydrogen) atoms. The first kappa shape index (κ1) is 18.3. The molecule has 0 saturated heterocycles. The number of amides is 1. The largest absolute Gasteiger partial charge is 0.494 e. The Balaban J connectivity index is 1.65. The molecular weight excluding hydrogens is 342 g/mol. The van der Waals surface area contributed by atoms with Crippen molar-refractivity contribution < 1.29 is 9.53 Å². The Labute approximate surface area is 157 Å². The second-order valence-corrected chi connectivity index (χ2v) is 5.99. The Morgan fingerprint density at radius 3 is 2.74 bits per heavy atom. The molecule has 0 fully saturated rings. The first-order chi connectivity index (χ1) is 13.2. The van der Waals surface area contributed by atoms with Crippen LogP contribution in [-0.2, 0) is 4.79 Å². The van der Waals surface area contributed by atoms with Gasteiger partial charge in [0.15, 0.2) is 0 Å². The standard InChI is InChI=1S/C20H21N5O2/c1-3-12-27-18-9-5-16(6-10-18)7-11-20(26)22-19-13-17(8-4-15(19)2)25-14-21-23-24-25/h4-11,13-14H,3,12H2,1-2H3,(H,22,26)/b11-7+. The molecule has 7 heteroatoms. The van der Waals surface area contributed by atoms with Crippen molar-refractivity contribution in [1.29, 1.82) is 0 Å². The van der Waals surface area contributed by atoms with Gasteiger partial charge in [-0.1, -0.05) is 25.1 Å². The Morgan fingerprint density at radius 2 is 2.04 bits per heavy atom. The van der Waals surface area contributed by atoms with Crippen molar-refractivity contribution in [2.24, 2.45) is 0 Å². The van der Waals surface area contributed by atoms with E-state index < -0.39 is 0 Å². The molecule has 7 nitrogen and oxygen atoms in total. The molecule has 0 radical (unpaired) electrons. The lowest BCUT2D eigenvalue weighted by Crippen LogP contribution is -2.09. The van der Waals surface area contributed by atoms with Crippen molar-refractivity contribution in [2.45, 2.75) is 20.3 Å². The molecule has 3 rings (SSSR count). The molecule has 0 bridgehead atoms. The van der Waals surface area contributed by atoms with E-state index in [4.69, 9.17) is 4.74 Å². The van der Waals surface area contributed by atoms with Crippen LogP contribution in [0.5, 0.6) is 5.75 Å². The van der Waals surface area contributed by atoms with E-state index in [0.29, 0.717) is 12.3 Å². The summed E-state index contributed by atoms with van der Waals surface area (Å²) < 4.78 is 7.09. The minimum Gasteiger partial charge on any atom is -0.494 e. The maximum Gasteiger partial charge on any atom is 0.248 e. The fourth-order valence-corrected chi connectivity index (χ4v) is 2.41. The summed E-state index contributed by atoms with van der Waals surface area (Å²) in [6, 6.07) is 13.2. The van der Waals surface area contributed by atoms with Gasteiger partial charge in [0.05, 0.1) is 12.3 Å². The number of nitrogens with zero attached hydrogens (tertiary/aromatic N) is 4. The van der Waals surface area contributed by atoms with E-state index in [0.717, 1.165) is 29.0 Å². The quantitative estimate of drug-likeness (QED) is 0.651. The summed E-state index contributed by atoms with van der Waals surface area (Å²) in [4.78, 5) is 12.3. The fraction of sp³-hybridized carbons (Fsp3) is 0.200. The number of aromatic nitrogens is 4. The zero-order valence-electron chi connectivity index (χ0n) is 15.3. The van der Waals surface area contributed by atoms with Crippen molar-refractivity contribution in [3.8, 4) is 11.4 Å². The highest BCUT2D eigenvalue weighted by molar-refractivity contribution is 6.02. The highest BCUT2D eigenvalue weighted by Gasteiger charge is 2.05. The molecule has 0 aliphatic carbocycles. The van der Waals surface area contributed by atoms with Gasteiger partial charge in [0, 0.05) is 11.8 Å². The van der Waals surface area contributed by atoms with Gasteiger partial charge in [-0.2, -0.15) is 0 Å². The van der Waals surface area contributed by atoms with E-state index >= 15 is 0 Å². The SMILES string of the molecule is CCCOc1ccc(/C=C/C(=O)Nc2cc(-n3cnnn3)ccc2C)cc1. The van der Waals surface area contributed by atoms with Gasteiger partial charge >= 0.3 is 0 Å². The Bertz CT molecular complexity index is 918. The average Bonchev–Trinajstić information content (AvgIpc) is 3.22. The number of tetrazole rings is 1. The van der Waals surface area contributed by atoms with Crippen LogP contribution >= 0.6 is 0 Å². The average molecular weight is 363 g/mol. The van der Waals surface area contributed by atoms with Crippen LogP contribution in [0, 0.1) is 6.92 Å². The number of nitrogens with one attached hydrogen (secondary N) is 1. The van der Waals surface area contributed by atoms with E-state index in [1.54, 1.807) is 6.08 Å². The first-order valence-corrected chi connectivity index (χ1v) is 8.71. The molecule has 0 atom stereocenters. The van der Waals surface area contributed by atoms with Crippen LogP contribution in [0.25, 0.3) is 11.8 Å². The molecule has 0 saturated carbocycles. The van der Waals surface area contributed by atoms with Crippen molar-refractivity contribution in [3.63, 3.8) is 0 Å². The monoisotopic (exact) mass is 363 g/mol. The van der Waals surface area contributed by atoms with Crippen LogP contribution in [0.15, 0.2) is 54.9 Å². The van der Waals surface area contributed by atoms with Gasteiger partial charge in [-0.05, 0) is 65.2 Å². The van der Waals surface area contributed by atoms with Gasteiger partial charge in [-0.3, -0.25) is 4.79 Å². The molecule has 1 N–H and O–H groups in total. The third kappa shape index (κ3) is 5.01. The number of hydrogen-bond donors (Lipinski definition) is 1. The lowest BCUT2D eigenvalue weighted by atomic mass is 10.1. The molecule has 0 unspecified atom stereocenters. The molecule has 1 aromatic heterocycles. The number of hydrogen-bond acceptors (Lipinski definition) is 5. The van der Waals surface area contributed by atoms with Crippen LogP contribution in [0.4, 0.5) is 5.69 Å². The highest BCUT2D eigenvalue weighted by Crippen LogP contribution is 2.19. The van der Waals surface area contributed by atoms with E-state index in [2.05, 4.69) is 27.8 Å². The van der Waals surface area contributed by atoms with Gasteiger partial charge in [-0.15, -0.1) is 5.10 Å². The molecule has 1 amide bonds. The van der Waals surface area contributed by atoms with E-state index in [1.807, 2.05) is 49.4 Å². The number of carbonyl (C=O) groups is 1. The third-order valence-electron chi connectivity index (χ3n) is 3.87. The third-order valence-corrected chi connectivity index (χ3v) is 3.87. The van der Waals surface area contributed by atoms with Crippen LogP contribution in [0.3, 0.4) is 0 Å². The minimum atomic E-state index is -0.210. The number of benzene rings is 2. The summed E-state index contributed by atoms with van der Waals surface area (Å²) in [5, 5.41) is 14.0. The fourth-order valence-electron chi connectivity index (χ4n) is 2.41. The Morgan fingerprint density at radius 1 is 1.22 bits per heavy atom. The normalized spacial score (nSPS) is 10.9. The summed E-state index contributed by atoms with van der Waals surface area (Å²) in [5.41, 5.74) is 3.35. The van der Waals surface area contributed by atoms with Crippen LogP contribution < -0.4 is 10.1 Å². The molecule has 0 spiro atoms. The molecule has 0 aliphatic rings. The number of rotatable bonds is 7. The Hall–Kier alpha value is -3.48. The summed E-state index contributed by atoms with van der Waals surface area (Å²) in [5.74, 6) is 0.617. The second-order valence-electron chi connectivity index (χ2n) is 5.99. The predicted octanol–water partition coefficient (Wildman–Crippen LogP) is 3.41. The van der Waals surface area contributed by atoms with Crippen molar-refractivity contribution in [1.82, 2.24) is 20.2 Å². The van der Waals surface area contributed by atoms with Crippen LogP contribution in [0.1, 0.15) is 24.5 Å². The van der Waals surface area contributed by atoms with Crippen molar-refractivity contribution in [3.05, 3.63) is 66.0 Å². The summed E-state index contributed by atoms with van der Waals surface area (Å²) in [6.45, 7) is 4.69. The van der Waals surface area contributed by atoms with Gasteiger partial charge in [0.25, 0.3) is 0 Å². The Kier molecular flexibility index (Phi) is 5.94. The van der Waals surface area contributed by atoms with Crippen molar-refractivity contribution >= 4 is 17.7 Å². The van der Waals surface area contributed by atoms with E-state index in [-0.39, 0.29) is 5.91 Å². The molecule has 138 valence electrons. The maximum absolute atomic E-state index is 12.3. The zero-order valence-corrected chi connectivity index (χ0v) is 15.3. The summed E-state index contributed by atoms with van der Waals surface area (Å²) in [6.07, 6.45) is 5.74. The van der Waals surface area contributed by atoms with Crippen LogP contribution in [0.2, 0.25) is 0 Å². The van der Waals surface area contributed by atoms with Gasteiger partial charge in [0.1, 0.15) is 12.1 Å². The first-order valence-electron chi connectivity index (χ1n) is 8.71. The molecular formula is C20H21N5O2. The van der Waals surface area contributed by atoms with Crippen LogP contribution in [-0.4, -0.2) is 32.7 Å². The topological polar surface area (TPSA) is 81.9 Å². The zero-order chi connectivity index (χ0) is 19.1. The van der Waals surface area contributed by atoms with Crippen molar-refractivity contribution in [2.75, 3.05) is 11.9 Å². The number of aryl methyl sites for hydroxylation is 1. The highest BCUT2D eigenvalue weighted by atomic mass is 16.5. The van der Waals surface area contributed by atoms with Gasteiger partial charge in [0.2, 0.25) is 5.91 Å². The maximum atomic E-state index is 12.3. The number of carbonyl (C=O) groups excluding carboxylic acids is 1. The smallest absolute Gasteiger partial charge is 0.248 e. The molecule has 1 heterocycles. The number of anilines is 1. The summed E-state index contributed by atoms with van der Waals surface area (Å²) >= 11 is 0. The molecule has 2 aromatic carbocycles. The number of ether oxygens (including phenoxy) is 1. The van der Waals surface area contributed by atoms with E-state index in [1.165, 1.54) is 17.1 Å². The lowest BCUT2D eigenvalue weighted by Gasteiger charge is -2.09. The van der Waals surface area contributed by atoms with Gasteiger partial charge in [-0.25, -0.2) is 4.68 Å². The second kappa shape index (κ2) is 8.75. The minimum absolute atomic E-state index is 0.210.